The van der Waals surface area contributed by atoms with Crippen LogP contribution in [0.5, 0.6) is 11.5 Å². The minimum atomic E-state index is -0.691. The van der Waals surface area contributed by atoms with Gasteiger partial charge in [-0.3, -0.25) is 0 Å². The van der Waals surface area contributed by atoms with E-state index in [1.807, 2.05) is 0 Å². The zero-order valence-electron chi connectivity index (χ0n) is 8.33. The number of rotatable bonds is 1. The fourth-order valence-corrected chi connectivity index (χ4v) is 2.06. The van der Waals surface area contributed by atoms with E-state index in [4.69, 9.17) is 0 Å². The fraction of sp³-hybridized carbons (Fsp3) is 0.455. The predicted octanol–water partition coefficient (Wildman–Crippen LogP) is 1.70. The summed E-state index contributed by atoms with van der Waals surface area (Å²) in [4.78, 5) is 0. The molecule has 1 aromatic rings. The minimum absolute atomic E-state index is 0.0501. The molecule has 3 nitrogen and oxygen atoms in total. The summed E-state index contributed by atoms with van der Waals surface area (Å²) in [5, 5.41) is 22.0. The van der Waals surface area contributed by atoms with E-state index in [1.165, 1.54) is 12.1 Å². The van der Waals surface area contributed by atoms with Gasteiger partial charge in [-0.15, -0.1) is 0 Å². The monoisotopic (exact) mass is 211 g/mol. The molecule has 1 unspecified atom stereocenters. The number of halogens is 1. The zero-order valence-corrected chi connectivity index (χ0v) is 8.33. The topological polar surface area (TPSA) is 52.5 Å². The van der Waals surface area contributed by atoms with Crippen LogP contribution in [0, 0.1) is 5.82 Å². The third kappa shape index (κ3) is 1.90. The highest BCUT2D eigenvalue weighted by Gasteiger charge is 2.23. The summed E-state index contributed by atoms with van der Waals surface area (Å²) in [5.41, 5.74) is 0.238. The Kier molecular flexibility index (Phi) is 2.77. The maximum Gasteiger partial charge on any atom is 0.172 e. The van der Waals surface area contributed by atoms with E-state index in [9.17, 15) is 14.6 Å². The number of aromatic hydroxyl groups is 2. The van der Waals surface area contributed by atoms with Gasteiger partial charge in [-0.1, -0.05) is 0 Å². The summed E-state index contributed by atoms with van der Waals surface area (Å²) in [6, 6.07) is 2.51. The quantitative estimate of drug-likeness (QED) is 0.620. The SMILES string of the molecule is Oc1ccc(O)c(C2CCCNC2)c1F. The Labute approximate surface area is 87.6 Å². The Balaban J connectivity index is 2.36. The number of nitrogens with one attached hydrogen (secondary N) is 1. The van der Waals surface area contributed by atoms with Gasteiger partial charge < -0.3 is 15.5 Å². The highest BCUT2D eigenvalue weighted by molar-refractivity contribution is 5.43. The molecule has 0 spiro atoms. The first-order valence-corrected chi connectivity index (χ1v) is 5.11. The van der Waals surface area contributed by atoms with E-state index >= 15 is 0 Å². The molecule has 1 aromatic carbocycles. The van der Waals surface area contributed by atoms with E-state index in [0.29, 0.717) is 6.54 Å². The van der Waals surface area contributed by atoms with Crippen molar-refractivity contribution < 1.29 is 14.6 Å². The molecule has 1 fully saturated rings. The van der Waals surface area contributed by atoms with Crippen LogP contribution in [0.25, 0.3) is 0 Å². The molecular formula is C11H14FNO2. The van der Waals surface area contributed by atoms with Gasteiger partial charge in [0.2, 0.25) is 0 Å². The molecule has 1 heterocycles. The largest absolute Gasteiger partial charge is 0.508 e. The Morgan fingerprint density at radius 3 is 2.67 bits per heavy atom. The van der Waals surface area contributed by atoms with Crippen LogP contribution in [0.1, 0.15) is 24.3 Å². The van der Waals surface area contributed by atoms with Crippen molar-refractivity contribution in [1.29, 1.82) is 0 Å². The lowest BCUT2D eigenvalue weighted by atomic mass is 9.90. The first-order valence-electron chi connectivity index (χ1n) is 5.11. The molecule has 2 rings (SSSR count). The maximum absolute atomic E-state index is 13.6. The Hall–Kier alpha value is -1.29. The summed E-state index contributed by atoms with van der Waals surface area (Å²) in [5.74, 6) is -1.21. The molecule has 0 bridgehead atoms. The van der Waals surface area contributed by atoms with Gasteiger partial charge in [-0.25, -0.2) is 4.39 Å². The first-order chi connectivity index (χ1) is 7.20. The van der Waals surface area contributed by atoms with E-state index in [1.54, 1.807) is 0 Å². The van der Waals surface area contributed by atoms with Crippen molar-refractivity contribution >= 4 is 0 Å². The third-order valence-corrected chi connectivity index (χ3v) is 2.84. The third-order valence-electron chi connectivity index (χ3n) is 2.84. The van der Waals surface area contributed by atoms with Gasteiger partial charge in [0.15, 0.2) is 11.6 Å². The second-order valence-corrected chi connectivity index (χ2v) is 3.87. The van der Waals surface area contributed by atoms with E-state index < -0.39 is 11.6 Å². The predicted molar refractivity (Wildman–Crippen MR) is 54.6 cm³/mol. The molecule has 0 aliphatic carbocycles. The summed E-state index contributed by atoms with van der Waals surface area (Å²) in [6.45, 7) is 1.58. The first kappa shape index (κ1) is 10.2. The van der Waals surface area contributed by atoms with Crippen LogP contribution in [0.15, 0.2) is 12.1 Å². The molecule has 0 saturated carbocycles. The minimum Gasteiger partial charge on any atom is -0.508 e. The van der Waals surface area contributed by atoms with Gasteiger partial charge >= 0.3 is 0 Å². The Morgan fingerprint density at radius 1 is 1.27 bits per heavy atom. The van der Waals surface area contributed by atoms with E-state index in [0.717, 1.165) is 19.4 Å². The lowest BCUT2D eigenvalue weighted by Crippen LogP contribution is -2.28. The molecule has 4 heteroatoms. The highest BCUT2D eigenvalue weighted by Crippen LogP contribution is 2.36. The molecular weight excluding hydrogens is 197 g/mol. The number of hydrogen-bond acceptors (Lipinski definition) is 3. The summed E-state index contributed by atoms with van der Waals surface area (Å²) in [7, 11) is 0. The highest BCUT2D eigenvalue weighted by atomic mass is 19.1. The van der Waals surface area contributed by atoms with Crippen LogP contribution in [0.4, 0.5) is 4.39 Å². The van der Waals surface area contributed by atoms with Gasteiger partial charge in [-0.2, -0.15) is 0 Å². The van der Waals surface area contributed by atoms with Crippen molar-refractivity contribution in [3.63, 3.8) is 0 Å². The van der Waals surface area contributed by atoms with Crippen molar-refractivity contribution in [2.24, 2.45) is 0 Å². The standard InChI is InChI=1S/C11H14FNO2/c12-11-9(15)4-3-8(14)10(11)7-2-1-5-13-6-7/h3-4,7,13-15H,1-2,5-6H2. The average molecular weight is 211 g/mol. The molecule has 0 radical (unpaired) electrons. The molecule has 0 aromatic heterocycles. The molecule has 15 heavy (non-hydrogen) atoms. The second-order valence-electron chi connectivity index (χ2n) is 3.87. The average Bonchev–Trinajstić information content (AvgIpc) is 2.26. The van der Waals surface area contributed by atoms with Crippen LogP contribution in [0.3, 0.4) is 0 Å². The van der Waals surface area contributed by atoms with E-state index in [2.05, 4.69) is 5.32 Å². The maximum atomic E-state index is 13.6. The number of hydrogen-bond donors (Lipinski definition) is 3. The van der Waals surface area contributed by atoms with Crippen molar-refractivity contribution in [2.75, 3.05) is 13.1 Å². The van der Waals surface area contributed by atoms with Gasteiger partial charge in [0.25, 0.3) is 0 Å². The number of phenolic OH excluding ortho intramolecular Hbond substituents is 2. The Bertz CT molecular complexity index is 362. The lowest BCUT2D eigenvalue weighted by molar-refractivity contribution is 0.386. The molecule has 82 valence electrons. The van der Waals surface area contributed by atoms with Crippen LogP contribution >= 0.6 is 0 Å². The zero-order chi connectivity index (χ0) is 10.8. The Morgan fingerprint density at radius 2 is 2.00 bits per heavy atom. The van der Waals surface area contributed by atoms with Crippen LogP contribution in [0.2, 0.25) is 0 Å². The van der Waals surface area contributed by atoms with Crippen molar-refractivity contribution in [3.05, 3.63) is 23.5 Å². The molecule has 1 aliphatic heterocycles. The van der Waals surface area contributed by atoms with Crippen LogP contribution in [-0.2, 0) is 0 Å². The lowest BCUT2D eigenvalue weighted by Gasteiger charge is -2.24. The number of benzene rings is 1. The fourth-order valence-electron chi connectivity index (χ4n) is 2.06. The summed E-state index contributed by atoms with van der Waals surface area (Å²) < 4.78 is 13.6. The van der Waals surface area contributed by atoms with Gasteiger partial charge in [0.1, 0.15) is 5.75 Å². The van der Waals surface area contributed by atoms with Crippen molar-refractivity contribution in [3.8, 4) is 11.5 Å². The van der Waals surface area contributed by atoms with Gasteiger partial charge in [0.05, 0.1) is 0 Å². The van der Waals surface area contributed by atoms with E-state index in [-0.39, 0.29) is 17.2 Å². The van der Waals surface area contributed by atoms with Crippen molar-refractivity contribution in [1.82, 2.24) is 5.32 Å². The summed E-state index contributed by atoms with van der Waals surface area (Å²) >= 11 is 0. The number of phenols is 2. The molecule has 1 atom stereocenters. The molecule has 1 saturated heterocycles. The molecule has 0 amide bonds. The van der Waals surface area contributed by atoms with Crippen LogP contribution < -0.4 is 5.32 Å². The second kappa shape index (κ2) is 4.06. The van der Waals surface area contributed by atoms with Crippen LogP contribution in [-0.4, -0.2) is 23.3 Å². The summed E-state index contributed by atoms with van der Waals surface area (Å²) in [6.07, 6.45) is 1.79. The molecule has 1 aliphatic rings. The smallest absolute Gasteiger partial charge is 0.172 e. The molecule has 3 N–H and O–H groups in total. The van der Waals surface area contributed by atoms with Gasteiger partial charge in [-0.05, 0) is 31.5 Å². The number of piperidine rings is 1. The normalized spacial score (nSPS) is 21.5. The van der Waals surface area contributed by atoms with Crippen molar-refractivity contribution in [2.45, 2.75) is 18.8 Å². The van der Waals surface area contributed by atoms with Gasteiger partial charge in [0, 0.05) is 18.0 Å².